The van der Waals surface area contributed by atoms with Crippen molar-refractivity contribution in [1.29, 1.82) is 0 Å². The molecular weight excluding hydrogens is 322 g/mol. The molecule has 0 bridgehead atoms. The van der Waals surface area contributed by atoms with Crippen molar-refractivity contribution in [2.75, 3.05) is 24.3 Å². The van der Waals surface area contributed by atoms with E-state index in [1.165, 1.54) is 29.0 Å². The molecule has 0 saturated carbocycles. The third kappa shape index (κ3) is 3.62. The van der Waals surface area contributed by atoms with Gasteiger partial charge in [0.15, 0.2) is 5.16 Å². The molecule has 2 aromatic rings. The first-order chi connectivity index (χ1) is 11.5. The Kier molecular flexibility index (Phi) is 4.89. The van der Waals surface area contributed by atoms with Crippen LogP contribution in [0.15, 0.2) is 35.5 Å². The van der Waals surface area contributed by atoms with Crippen LogP contribution in [0.25, 0.3) is 0 Å². The standard InChI is InChI=1S/C17H21N5OS/c1-22(13-8-4-6-11-5-2-3-7-12(11)13)16(23)10-24-17-20-14(18)9-15(19)21-17/h2-3,5,7,9,13H,4,6,8,10H2,1H3,(H4,18,19,20,21). The number of hydrogen-bond donors (Lipinski definition) is 2. The van der Waals surface area contributed by atoms with E-state index in [0.29, 0.717) is 16.8 Å². The topological polar surface area (TPSA) is 98.1 Å². The van der Waals surface area contributed by atoms with Crippen molar-refractivity contribution in [3.05, 3.63) is 41.5 Å². The minimum absolute atomic E-state index is 0.0475. The van der Waals surface area contributed by atoms with Crippen LogP contribution in [-0.2, 0) is 11.2 Å². The maximum Gasteiger partial charge on any atom is 0.233 e. The lowest BCUT2D eigenvalue weighted by Gasteiger charge is -2.33. The van der Waals surface area contributed by atoms with Gasteiger partial charge in [0.05, 0.1) is 11.8 Å². The van der Waals surface area contributed by atoms with Gasteiger partial charge in [-0.25, -0.2) is 9.97 Å². The summed E-state index contributed by atoms with van der Waals surface area (Å²) < 4.78 is 0. The van der Waals surface area contributed by atoms with Gasteiger partial charge >= 0.3 is 0 Å². The van der Waals surface area contributed by atoms with E-state index in [0.717, 1.165) is 19.3 Å². The molecule has 126 valence electrons. The summed E-state index contributed by atoms with van der Waals surface area (Å²) in [4.78, 5) is 22.6. The Morgan fingerprint density at radius 2 is 2.00 bits per heavy atom. The van der Waals surface area contributed by atoms with Gasteiger partial charge in [0.2, 0.25) is 5.91 Å². The number of nitrogens with zero attached hydrogens (tertiary/aromatic N) is 3. The van der Waals surface area contributed by atoms with E-state index in [1.54, 1.807) is 0 Å². The van der Waals surface area contributed by atoms with Crippen LogP contribution in [-0.4, -0.2) is 33.6 Å². The van der Waals surface area contributed by atoms with Crippen molar-refractivity contribution in [2.24, 2.45) is 0 Å². The Hall–Kier alpha value is -2.28. The Morgan fingerprint density at radius 1 is 1.29 bits per heavy atom. The van der Waals surface area contributed by atoms with Crippen molar-refractivity contribution >= 4 is 29.3 Å². The van der Waals surface area contributed by atoms with E-state index in [2.05, 4.69) is 28.2 Å². The van der Waals surface area contributed by atoms with Crippen molar-refractivity contribution in [1.82, 2.24) is 14.9 Å². The highest BCUT2D eigenvalue weighted by Gasteiger charge is 2.26. The number of hydrogen-bond acceptors (Lipinski definition) is 6. The molecule has 1 aliphatic carbocycles. The zero-order valence-electron chi connectivity index (χ0n) is 13.6. The number of nitrogens with two attached hydrogens (primary N) is 2. The molecule has 4 N–H and O–H groups in total. The molecule has 1 aliphatic rings. The summed E-state index contributed by atoms with van der Waals surface area (Å²) in [6.07, 6.45) is 3.17. The summed E-state index contributed by atoms with van der Waals surface area (Å²) in [5.41, 5.74) is 13.9. The summed E-state index contributed by atoms with van der Waals surface area (Å²) in [5.74, 6) is 0.934. The number of aryl methyl sites for hydroxylation is 1. The average Bonchev–Trinajstić information content (AvgIpc) is 2.57. The second-order valence-corrected chi connectivity index (χ2v) is 6.84. The molecular formula is C17H21N5OS. The first-order valence-electron chi connectivity index (χ1n) is 7.91. The van der Waals surface area contributed by atoms with Crippen LogP contribution in [0.2, 0.25) is 0 Å². The molecule has 1 aromatic heterocycles. The van der Waals surface area contributed by atoms with Crippen LogP contribution in [0.3, 0.4) is 0 Å². The Morgan fingerprint density at radius 3 is 2.75 bits per heavy atom. The highest BCUT2D eigenvalue weighted by Crippen LogP contribution is 2.33. The molecule has 24 heavy (non-hydrogen) atoms. The van der Waals surface area contributed by atoms with E-state index in [1.807, 2.05) is 18.0 Å². The summed E-state index contributed by atoms with van der Waals surface area (Å²) >= 11 is 1.26. The van der Waals surface area contributed by atoms with Crippen LogP contribution < -0.4 is 11.5 Å². The largest absolute Gasteiger partial charge is 0.383 e. The smallest absolute Gasteiger partial charge is 0.233 e. The number of benzene rings is 1. The highest BCUT2D eigenvalue weighted by atomic mass is 32.2. The van der Waals surface area contributed by atoms with E-state index in [-0.39, 0.29) is 17.7 Å². The molecule has 1 heterocycles. The number of thioether (sulfide) groups is 1. The van der Waals surface area contributed by atoms with Gasteiger partial charge in [-0.3, -0.25) is 4.79 Å². The number of rotatable bonds is 4. The number of amides is 1. The van der Waals surface area contributed by atoms with Gasteiger partial charge < -0.3 is 16.4 Å². The van der Waals surface area contributed by atoms with E-state index < -0.39 is 0 Å². The first-order valence-corrected chi connectivity index (χ1v) is 8.89. The lowest BCUT2D eigenvalue weighted by atomic mass is 9.87. The Labute approximate surface area is 145 Å². The first kappa shape index (κ1) is 16.6. The van der Waals surface area contributed by atoms with Crippen LogP contribution >= 0.6 is 11.8 Å². The van der Waals surface area contributed by atoms with Crippen molar-refractivity contribution < 1.29 is 4.79 Å². The molecule has 1 unspecified atom stereocenters. The number of nitrogen functional groups attached to an aromatic ring is 2. The maximum atomic E-state index is 12.6. The summed E-state index contributed by atoms with van der Waals surface area (Å²) in [7, 11) is 1.87. The number of aromatic nitrogens is 2. The molecule has 0 spiro atoms. The zero-order chi connectivity index (χ0) is 17.1. The predicted octanol–water partition coefficient (Wildman–Crippen LogP) is 2.27. The normalized spacial score (nSPS) is 16.5. The molecule has 7 heteroatoms. The zero-order valence-corrected chi connectivity index (χ0v) is 14.4. The van der Waals surface area contributed by atoms with Crippen molar-refractivity contribution in [3.8, 4) is 0 Å². The third-order valence-corrected chi connectivity index (χ3v) is 5.10. The molecule has 0 saturated heterocycles. The number of fused-ring (bicyclic) bond motifs is 1. The van der Waals surface area contributed by atoms with E-state index in [4.69, 9.17) is 11.5 Å². The lowest BCUT2D eigenvalue weighted by Crippen LogP contribution is -2.34. The number of carbonyl (C=O) groups excluding carboxylic acids is 1. The highest BCUT2D eigenvalue weighted by molar-refractivity contribution is 7.99. The van der Waals surface area contributed by atoms with E-state index in [9.17, 15) is 4.79 Å². The van der Waals surface area contributed by atoms with Gasteiger partial charge in [0.1, 0.15) is 11.6 Å². The molecule has 0 aliphatic heterocycles. The summed E-state index contributed by atoms with van der Waals surface area (Å²) in [6, 6.07) is 10.00. The Balaban J connectivity index is 1.67. The quantitative estimate of drug-likeness (QED) is 0.653. The molecule has 3 rings (SSSR count). The fraction of sp³-hybridized carbons (Fsp3) is 0.353. The monoisotopic (exact) mass is 343 g/mol. The Bertz CT molecular complexity index is 731. The second kappa shape index (κ2) is 7.09. The number of anilines is 2. The minimum Gasteiger partial charge on any atom is -0.383 e. The molecule has 0 fully saturated rings. The molecule has 0 radical (unpaired) electrons. The second-order valence-electron chi connectivity index (χ2n) is 5.90. The van der Waals surface area contributed by atoms with Gasteiger partial charge in [-0.2, -0.15) is 0 Å². The van der Waals surface area contributed by atoms with Gasteiger partial charge in [-0.05, 0) is 30.4 Å². The van der Waals surface area contributed by atoms with Crippen molar-refractivity contribution in [2.45, 2.75) is 30.5 Å². The van der Waals surface area contributed by atoms with Crippen LogP contribution in [0, 0.1) is 0 Å². The fourth-order valence-corrected chi connectivity index (χ4v) is 3.86. The SMILES string of the molecule is CN(C(=O)CSc1nc(N)cc(N)n1)C1CCCc2ccccc21. The third-order valence-electron chi connectivity index (χ3n) is 4.27. The molecule has 1 aromatic carbocycles. The molecule has 1 amide bonds. The maximum absolute atomic E-state index is 12.6. The summed E-state index contributed by atoms with van der Waals surface area (Å²) in [5, 5.41) is 0.429. The number of carbonyl (C=O) groups is 1. The van der Waals surface area contributed by atoms with Crippen LogP contribution in [0.5, 0.6) is 0 Å². The molecule has 6 nitrogen and oxygen atoms in total. The minimum atomic E-state index is 0.0475. The predicted molar refractivity (Wildman–Crippen MR) is 96.5 cm³/mol. The van der Waals surface area contributed by atoms with Crippen LogP contribution in [0.1, 0.15) is 30.0 Å². The van der Waals surface area contributed by atoms with Gasteiger partial charge in [-0.1, -0.05) is 36.0 Å². The average molecular weight is 343 g/mol. The van der Waals surface area contributed by atoms with Gasteiger partial charge in [-0.15, -0.1) is 0 Å². The summed E-state index contributed by atoms with van der Waals surface area (Å²) in [6.45, 7) is 0. The van der Waals surface area contributed by atoms with Crippen LogP contribution in [0.4, 0.5) is 11.6 Å². The lowest BCUT2D eigenvalue weighted by molar-refractivity contribution is -0.129. The van der Waals surface area contributed by atoms with Crippen molar-refractivity contribution in [3.63, 3.8) is 0 Å². The fourth-order valence-electron chi connectivity index (χ4n) is 3.06. The van der Waals surface area contributed by atoms with Gasteiger partial charge in [0, 0.05) is 13.1 Å². The van der Waals surface area contributed by atoms with Gasteiger partial charge in [0.25, 0.3) is 0 Å². The molecule has 1 atom stereocenters. The van der Waals surface area contributed by atoms with E-state index >= 15 is 0 Å².